The van der Waals surface area contributed by atoms with Gasteiger partial charge in [-0.2, -0.15) is 0 Å². The lowest BCUT2D eigenvalue weighted by atomic mass is 10.1. The van der Waals surface area contributed by atoms with Crippen molar-refractivity contribution in [3.05, 3.63) is 64.7 Å². The molecule has 2 heteroatoms. The summed E-state index contributed by atoms with van der Waals surface area (Å²) in [6, 6.07) is 16.0. The van der Waals surface area contributed by atoms with Crippen molar-refractivity contribution in [2.24, 2.45) is 0 Å². The normalized spacial score (nSPS) is 12.4. The van der Waals surface area contributed by atoms with E-state index in [1.54, 1.807) is 0 Å². The van der Waals surface area contributed by atoms with Gasteiger partial charge in [0.15, 0.2) is 0 Å². The van der Waals surface area contributed by atoms with E-state index in [-0.39, 0.29) is 0 Å². The molecule has 1 atom stereocenters. The van der Waals surface area contributed by atoms with Crippen LogP contribution in [0.25, 0.3) is 0 Å². The van der Waals surface area contributed by atoms with E-state index >= 15 is 0 Å². The van der Waals surface area contributed by atoms with Crippen LogP contribution in [0.4, 0.5) is 0 Å². The Kier molecular flexibility index (Phi) is 5.27. The summed E-state index contributed by atoms with van der Waals surface area (Å²) in [4.78, 5) is 1.33. The van der Waals surface area contributed by atoms with Gasteiger partial charge in [-0.25, -0.2) is 0 Å². The number of nitrogens with one attached hydrogen (secondary N) is 1. The maximum absolute atomic E-state index is 3.26. The van der Waals surface area contributed by atoms with Crippen molar-refractivity contribution in [2.75, 3.05) is 7.05 Å². The van der Waals surface area contributed by atoms with Crippen molar-refractivity contribution in [3.8, 4) is 0 Å². The van der Waals surface area contributed by atoms with Crippen molar-refractivity contribution in [2.45, 2.75) is 37.5 Å². The molecule has 1 nitrogen and oxygen atoms in total. The molecule has 0 saturated carbocycles. The van der Waals surface area contributed by atoms with Crippen LogP contribution in [0, 0.1) is 13.8 Å². The molecule has 0 aromatic heterocycles. The minimum atomic E-state index is 0.411. The summed E-state index contributed by atoms with van der Waals surface area (Å²) in [6.07, 6.45) is 0. The van der Waals surface area contributed by atoms with Gasteiger partial charge in [-0.15, -0.1) is 11.8 Å². The molecule has 0 spiro atoms. The Labute approximate surface area is 126 Å². The van der Waals surface area contributed by atoms with E-state index < -0.39 is 0 Å². The molecule has 0 radical (unpaired) electrons. The molecule has 0 fully saturated rings. The maximum Gasteiger partial charge on any atom is 0.0289 e. The predicted octanol–water partition coefficient (Wildman–Crippen LogP) is 4.88. The highest BCUT2D eigenvalue weighted by Crippen LogP contribution is 2.25. The number of rotatable bonds is 5. The maximum atomic E-state index is 3.26. The first-order valence-electron chi connectivity index (χ1n) is 7.05. The number of thioether (sulfide) groups is 1. The minimum absolute atomic E-state index is 0.411. The summed E-state index contributed by atoms with van der Waals surface area (Å²) in [7, 11) is 1.99. The first kappa shape index (κ1) is 15.1. The van der Waals surface area contributed by atoms with Gasteiger partial charge in [0, 0.05) is 16.7 Å². The smallest absolute Gasteiger partial charge is 0.0289 e. The first-order valence-corrected chi connectivity index (χ1v) is 8.04. The van der Waals surface area contributed by atoms with Crippen LogP contribution >= 0.6 is 11.8 Å². The third-order valence-corrected chi connectivity index (χ3v) is 4.58. The lowest BCUT2D eigenvalue weighted by Gasteiger charge is -2.11. The van der Waals surface area contributed by atoms with Gasteiger partial charge in [-0.1, -0.05) is 41.5 Å². The van der Waals surface area contributed by atoms with Crippen LogP contribution < -0.4 is 5.32 Å². The summed E-state index contributed by atoms with van der Waals surface area (Å²) < 4.78 is 0. The van der Waals surface area contributed by atoms with E-state index in [9.17, 15) is 0 Å². The molecule has 2 aromatic carbocycles. The largest absolute Gasteiger partial charge is 0.313 e. The van der Waals surface area contributed by atoms with E-state index in [0.717, 1.165) is 5.75 Å². The molecule has 2 aromatic rings. The van der Waals surface area contributed by atoms with E-state index in [4.69, 9.17) is 0 Å². The summed E-state index contributed by atoms with van der Waals surface area (Å²) in [5.41, 5.74) is 5.43. The summed E-state index contributed by atoms with van der Waals surface area (Å²) >= 11 is 1.90. The average molecular weight is 285 g/mol. The van der Waals surface area contributed by atoms with Gasteiger partial charge in [0.1, 0.15) is 0 Å². The molecule has 1 N–H and O–H groups in total. The fourth-order valence-corrected chi connectivity index (χ4v) is 3.17. The molecule has 0 heterocycles. The molecule has 0 aliphatic heterocycles. The van der Waals surface area contributed by atoms with Gasteiger partial charge in [0.05, 0.1) is 0 Å². The quantitative estimate of drug-likeness (QED) is 0.786. The second-order valence-corrected chi connectivity index (χ2v) is 6.41. The molecule has 0 bridgehead atoms. The summed E-state index contributed by atoms with van der Waals surface area (Å²) in [5.74, 6) is 1.03. The van der Waals surface area contributed by atoms with E-state index in [1.807, 2.05) is 18.8 Å². The molecule has 0 saturated heterocycles. The minimum Gasteiger partial charge on any atom is -0.313 e. The van der Waals surface area contributed by atoms with Crippen LogP contribution in [0.2, 0.25) is 0 Å². The highest BCUT2D eigenvalue weighted by molar-refractivity contribution is 7.98. The Bertz CT molecular complexity index is 540. The summed E-state index contributed by atoms with van der Waals surface area (Å²) in [5, 5.41) is 3.26. The molecule has 0 amide bonds. The molecule has 106 valence electrons. The molecular formula is C18H23NS. The van der Waals surface area contributed by atoms with Crippen LogP contribution in [0.15, 0.2) is 47.4 Å². The van der Waals surface area contributed by atoms with Gasteiger partial charge in [0.25, 0.3) is 0 Å². The monoisotopic (exact) mass is 285 g/mol. The van der Waals surface area contributed by atoms with Crippen LogP contribution in [0.5, 0.6) is 0 Å². The molecule has 0 aliphatic rings. The van der Waals surface area contributed by atoms with Crippen molar-refractivity contribution >= 4 is 11.8 Å². The van der Waals surface area contributed by atoms with E-state index in [2.05, 4.69) is 68.6 Å². The Balaban J connectivity index is 2.00. The number of hydrogen-bond acceptors (Lipinski definition) is 2. The van der Waals surface area contributed by atoms with Crippen molar-refractivity contribution in [1.82, 2.24) is 5.32 Å². The van der Waals surface area contributed by atoms with Crippen LogP contribution in [-0.4, -0.2) is 7.05 Å². The van der Waals surface area contributed by atoms with Crippen molar-refractivity contribution < 1.29 is 0 Å². The summed E-state index contributed by atoms with van der Waals surface area (Å²) in [6.45, 7) is 6.50. The Morgan fingerprint density at radius 1 is 1.00 bits per heavy atom. The lowest BCUT2D eigenvalue weighted by Crippen LogP contribution is -2.11. The van der Waals surface area contributed by atoms with Crippen LogP contribution in [0.1, 0.15) is 35.2 Å². The van der Waals surface area contributed by atoms with E-state index in [1.165, 1.54) is 27.1 Å². The molecule has 20 heavy (non-hydrogen) atoms. The standard InChI is InChI=1S/C18H23NS/c1-13-9-14(2)11-16(10-13)12-20-18-7-5-17(6-8-18)15(3)19-4/h5-11,15,19H,12H2,1-4H3. The zero-order valence-electron chi connectivity index (χ0n) is 12.7. The van der Waals surface area contributed by atoms with Crippen molar-refractivity contribution in [1.29, 1.82) is 0 Å². The van der Waals surface area contributed by atoms with Crippen LogP contribution in [0.3, 0.4) is 0 Å². The zero-order valence-corrected chi connectivity index (χ0v) is 13.6. The van der Waals surface area contributed by atoms with Gasteiger partial charge in [0.2, 0.25) is 0 Å². The van der Waals surface area contributed by atoms with Gasteiger partial charge >= 0.3 is 0 Å². The topological polar surface area (TPSA) is 12.0 Å². The van der Waals surface area contributed by atoms with Gasteiger partial charge in [-0.05, 0) is 51.1 Å². The molecule has 0 aliphatic carbocycles. The number of hydrogen-bond donors (Lipinski definition) is 1. The second kappa shape index (κ2) is 6.96. The predicted molar refractivity (Wildman–Crippen MR) is 89.4 cm³/mol. The highest BCUT2D eigenvalue weighted by atomic mass is 32.2. The first-order chi connectivity index (χ1) is 9.58. The molecular weight excluding hydrogens is 262 g/mol. The Morgan fingerprint density at radius 2 is 1.60 bits per heavy atom. The zero-order chi connectivity index (χ0) is 14.5. The van der Waals surface area contributed by atoms with E-state index in [0.29, 0.717) is 6.04 Å². The highest BCUT2D eigenvalue weighted by Gasteiger charge is 2.03. The molecule has 2 rings (SSSR count). The lowest BCUT2D eigenvalue weighted by molar-refractivity contribution is 0.652. The van der Waals surface area contributed by atoms with Crippen molar-refractivity contribution in [3.63, 3.8) is 0 Å². The molecule has 1 unspecified atom stereocenters. The Morgan fingerprint density at radius 3 is 2.15 bits per heavy atom. The van der Waals surface area contributed by atoms with Gasteiger partial charge in [-0.3, -0.25) is 0 Å². The van der Waals surface area contributed by atoms with Gasteiger partial charge < -0.3 is 5.32 Å². The van der Waals surface area contributed by atoms with Crippen LogP contribution in [-0.2, 0) is 5.75 Å². The average Bonchev–Trinajstić information content (AvgIpc) is 2.44. The third kappa shape index (κ3) is 4.12. The number of aryl methyl sites for hydroxylation is 2. The third-order valence-electron chi connectivity index (χ3n) is 3.50. The fraction of sp³-hybridized carbons (Fsp3) is 0.333. The SMILES string of the molecule is CNC(C)c1ccc(SCc2cc(C)cc(C)c2)cc1. The Hall–Kier alpha value is -1.25. The second-order valence-electron chi connectivity index (χ2n) is 5.36. The fourth-order valence-electron chi connectivity index (χ4n) is 2.34. The number of benzene rings is 2.